The molecule has 3 rings (SSSR count). The van der Waals surface area contributed by atoms with Crippen LogP contribution < -0.4 is 15.4 Å². The molecular formula is C23H30N6O3. The van der Waals surface area contributed by atoms with Gasteiger partial charge < -0.3 is 20.1 Å². The number of H-pyrrole nitrogens is 1. The van der Waals surface area contributed by atoms with E-state index in [0.29, 0.717) is 11.6 Å². The highest BCUT2D eigenvalue weighted by atomic mass is 16.6. The summed E-state index contributed by atoms with van der Waals surface area (Å²) < 4.78 is 11.1. The summed E-state index contributed by atoms with van der Waals surface area (Å²) in [7, 11) is 0. The number of hydrogen-bond acceptors (Lipinski definition) is 7. The number of rotatable bonds is 8. The second kappa shape index (κ2) is 10.1. The molecule has 1 atom stereocenters. The van der Waals surface area contributed by atoms with Crippen LogP contribution in [0.1, 0.15) is 46.5 Å². The first-order valence-electron chi connectivity index (χ1n) is 10.5. The number of benzene rings is 1. The SMILES string of the molecule is CC(C)Oc1cccc(NC(CNC(=O)OC(C)(C)C)c2nc(-c3ccncc3)n[nH]2)c1. The summed E-state index contributed by atoms with van der Waals surface area (Å²) in [4.78, 5) is 20.9. The third kappa shape index (κ3) is 6.97. The number of aromatic nitrogens is 4. The summed E-state index contributed by atoms with van der Waals surface area (Å²) in [5.74, 6) is 1.87. The van der Waals surface area contributed by atoms with E-state index in [1.165, 1.54) is 0 Å². The van der Waals surface area contributed by atoms with Crippen LogP contribution in [0.2, 0.25) is 0 Å². The zero-order valence-corrected chi connectivity index (χ0v) is 19.0. The van der Waals surface area contributed by atoms with Gasteiger partial charge in [-0.2, -0.15) is 5.10 Å². The molecule has 0 saturated carbocycles. The Kier molecular flexibility index (Phi) is 7.29. The summed E-state index contributed by atoms with van der Waals surface area (Å²) in [6.07, 6.45) is 2.93. The standard InChI is InChI=1S/C23H30N6O3/c1-15(2)31-18-8-6-7-17(13-18)26-19(14-25-22(30)32-23(3,4)5)21-27-20(28-29-21)16-9-11-24-12-10-16/h6-13,15,19,26H,14H2,1-5H3,(H,25,30)(H,27,28,29). The van der Waals surface area contributed by atoms with Crippen molar-refractivity contribution in [3.63, 3.8) is 0 Å². The molecule has 1 aromatic carbocycles. The normalized spacial score (nSPS) is 12.3. The van der Waals surface area contributed by atoms with E-state index in [1.54, 1.807) is 12.4 Å². The quantitative estimate of drug-likeness (QED) is 0.479. The molecule has 9 nitrogen and oxygen atoms in total. The van der Waals surface area contributed by atoms with Crippen LogP contribution in [0.25, 0.3) is 11.4 Å². The van der Waals surface area contributed by atoms with Gasteiger partial charge in [0, 0.05) is 36.3 Å². The van der Waals surface area contributed by atoms with Gasteiger partial charge in [0.25, 0.3) is 0 Å². The highest BCUT2D eigenvalue weighted by molar-refractivity contribution is 5.67. The minimum absolute atomic E-state index is 0.0621. The second-order valence-electron chi connectivity index (χ2n) is 8.55. The number of amides is 1. The van der Waals surface area contributed by atoms with Gasteiger partial charge in [-0.05, 0) is 58.9 Å². The molecule has 0 bridgehead atoms. The van der Waals surface area contributed by atoms with E-state index in [2.05, 4.69) is 30.8 Å². The highest BCUT2D eigenvalue weighted by Gasteiger charge is 2.21. The molecule has 1 amide bonds. The van der Waals surface area contributed by atoms with Crippen molar-refractivity contribution < 1.29 is 14.3 Å². The Labute approximate surface area is 188 Å². The molecule has 0 spiro atoms. The van der Waals surface area contributed by atoms with Crippen LogP contribution in [-0.4, -0.2) is 44.5 Å². The van der Waals surface area contributed by atoms with E-state index in [4.69, 9.17) is 9.47 Å². The average Bonchev–Trinajstić information content (AvgIpc) is 3.20. The van der Waals surface area contributed by atoms with Crippen LogP contribution >= 0.6 is 0 Å². The summed E-state index contributed by atoms with van der Waals surface area (Å²) in [5.41, 5.74) is 1.07. The van der Waals surface area contributed by atoms with E-state index in [1.807, 2.05) is 71.0 Å². The zero-order valence-electron chi connectivity index (χ0n) is 19.0. The number of pyridine rings is 1. The first-order chi connectivity index (χ1) is 15.2. The lowest BCUT2D eigenvalue weighted by Gasteiger charge is -2.22. The fourth-order valence-corrected chi connectivity index (χ4v) is 2.91. The molecule has 0 saturated heterocycles. The third-order valence-corrected chi connectivity index (χ3v) is 4.17. The van der Waals surface area contributed by atoms with Crippen molar-refractivity contribution in [3.05, 3.63) is 54.6 Å². The Morgan fingerprint density at radius 2 is 1.91 bits per heavy atom. The molecule has 0 aliphatic rings. The van der Waals surface area contributed by atoms with Crippen molar-refractivity contribution in [1.82, 2.24) is 25.5 Å². The van der Waals surface area contributed by atoms with Gasteiger partial charge in [-0.15, -0.1) is 0 Å². The monoisotopic (exact) mass is 438 g/mol. The largest absolute Gasteiger partial charge is 0.491 e. The van der Waals surface area contributed by atoms with Crippen LogP contribution in [0.3, 0.4) is 0 Å². The van der Waals surface area contributed by atoms with E-state index < -0.39 is 11.7 Å². The molecule has 9 heteroatoms. The maximum absolute atomic E-state index is 12.2. The minimum atomic E-state index is -0.587. The van der Waals surface area contributed by atoms with Gasteiger partial charge in [-0.25, -0.2) is 9.78 Å². The zero-order chi connectivity index (χ0) is 23.1. The molecule has 0 aliphatic carbocycles. The van der Waals surface area contributed by atoms with Crippen molar-refractivity contribution in [3.8, 4) is 17.1 Å². The number of ether oxygens (including phenoxy) is 2. The van der Waals surface area contributed by atoms with Crippen molar-refractivity contribution in [2.24, 2.45) is 0 Å². The van der Waals surface area contributed by atoms with Crippen LogP contribution in [0.15, 0.2) is 48.8 Å². The lowest BCUT2D eigenvalue weighted by molar-refractivity contribution is 0.0525. The fourth-order valence-electron chi connectivity index (χ4n) is 2.91. The molecule has 3 N–H and O–H groups in total. The fraction of sp³-hybridized carbons (Fsp3) is 0.391. The molecule has 2 aromatic heterocycles. The maximum Gasteiger partial charge on any atom is 0.407 e. The summed E-state index contributed by atoms with van der Waals surface area (Å²) in [6.45, 7) is 9.64. The smallest absolute Gasteiger partial charge is 0.407 e. The van der Waals surface area contributed by atoms with E-state index >= 15 is 0 Å². The minimum Gasteiger partial charge on any atom is -0.491 e. The highest BCUT2D eigenvalue weighted by Crippen LogP contribution is 2.23. The summed E-state index contributed by atoms with van der Waals surface area (Å²) in [5, 5.41) is 13.5. The number of alkyl carbamates (subject to hydrolysis) is 1. The predicted molar refractivity (Wildman–Crippen MR) is 122 cm³/mol. The molecule has 1 unspecified atom stereocenters. The first kappa shape index (κ1) is 23.1. The average molecular weight is 439 g/mol. The van der Waals surface area contributed by atoms with Gasteiger partial charge in [0.05, 0.1) is 6.10 Å². The van der Waals surface area contributed by atoms with Crippen molar-refractivity contribution in [2.45, 2.75) is 52.4 Å². The Morgan fingerprint density at radius 1 is 1.16 bits per heavy atom. The molecule has 32 heavy (non-hydrogen) atoms. The van der Waals surface area contributed by atoms with Crippen LogP contribution in [-0.2, 0) is 4.74 Å². The predicted octanol–water partition coefficient (Wildman–Crippen LogP) is 4.33. The van der Waals surface area contributed by atoms with Crippen LogP contribution in [0.5, 0.6) is 5.75 Å². The molecule has 170 valence electrons. The number of hydrogen-bond donors (Lipinski definition) is 3. The molecule has 2 heterocycles. The number of carbonyl (C=O) groups is 1. The summed E-state index contributed by atoms with van der Waals surface area (Å²) >= 11 is 0. The van der Waals surface area contributed by atoms with Gasteiger partial charge in [-0.3, -0.25) is 10.1 Å². The molecule has 0 radical (unpaired) electrons. The van der Waals surface area contributed by atoms with Crippen LogP contribution in [0, 0.1) is 0 Å². The Morgan fingerprint density at radius 3 is 2.59 bits per heavy atom. The number of anilines is 1. The number of aromatic amines is 1. The lowest BCUT2D eigenvalue weighted by Crippen LogP contribution is -2.36. The second-order valence-corrected chi connectivity index (χ2v) is 8.55. The van der Waals surface area contributed by atoms with E-state index in [0.717, 1.165) is 17.0 Å². The van der Waals surface area contributed by atoms with Gasteiger partial charge >= 0.3 is 6.09 Å². The van der Waals surface area contributed by atoms with Crippen LogP contribution in [0.4, 0.5) is 10.5 Å². The van der Waals surface area contributed by atoms with E-state index in [-0.39, 0.29) is 18.7 Å². The van der Waals surface area contributed by atoms with Crippen molar-refractivity contribution in [1.29, 1.82) is 0 Å². The Hall–Kier alpha value is -3.62. The Bertz CT molecular complexity index is 1010. The number of nitrogens with one attached hydrogen (secondary N) is 3. The summed E-state index contributed by atoms with van der Waals surface area (Å²) in [6, 6.07) is 10.9. The van der Waals surface area contributed by atoms with Crippen molar-refractivity contribution in [2.75, 3.05) is 11.9 Å². The molecule has 3 aromatic rings. The van der Waals surface area contributed by atoms with Gasteiger partial charge in [0.15, 0.2) is 5.82 Å². The van der Waals surface area contributed by atoms with Gasteiger partial charge in [0.1, 0.15) is 23.2 Å². The van der Waals surface area contributed by atoms with E-state index in [9.17, 15) is 4.79 Å². The number of carbonyl (C=O) groups excluding carboxylic acids is 1. The topological polar surface area (TPSA) is 114 Å². The third-order valence-electron chi connectivity index (χ3n) is 4.17. The number of nitrogens with zero attached hydrogens (tertiary/aromatic N) is 3. The van der Waals surface area contributed by atoms with Gasteiger partial charge in [-0.1, -0.05) is 6.07 Å². The molecule has 0 fully saturated rings. The lowest BCUT2D eigenvalue weighted by atomic mass is 10.2. The Balaban J connectivity index is 1.80. The maximum atomic E-state index is 12.2. The van der Waals surface area contributed by atoms with Gasteiger partial charge in [0.2, 0.25) is 0 Å². The molecular weight excluding hydrogens is 408 g/mol. The molecule has 0 aliphatic heterocycles. The van der Waals surface area contributed by atoms with Crippen molar-refractivity contribution >= 4 is 11.8 Å². The first-order valence-corrected chi connectivity index (χ1v) is 10.5.